The average molecular weight is 321 g/mol. The number of hydrogen-bond donors (Lipinski definition) is 1. The maximum absolute atomic E-state index is 4.52. The fourth-order valence-electron chi connectivity index (χ4n) is 3.09. The van der Waals surface area contributed by atoms with Gasteiger partial charge < -0.3 is 5.32 Å². The molecular formula is C17H19N7+2. The van der Waals surface area contributed by atoms with E-state index in [1.165, 1.54) is 0 Å². The number of nitrogens with zero attached hydrogens (tertiary/aromatic N) is 6. The van der Waals surface area contributed by atoms with Crippen molar-refractivity contribution in [1.29, 1.82) is 0 Å². The van der Waals surface area contributed by atoms with Gasteiger partial charge in [-0.2, -0.15) is 4.90 Å². The average Bonchev–Trinajstić information content (AvgIpc) is 2.92. The van der Waals surface area contributed by atoms with Crippen LogP contribution in [0.2, 0.25) is 0 Å². The van der Waals surface area contributed by atoms with Crippen molar-refractivity contribution >= 4 is 17.5 Å². The third kappa shape index (κ3) is 2.17. The molecule has 0 saturated carbocycles. The highest BCUT2D eigenvalue weighted by molar-refractivity contribution is 5.73. The lowest BCUT2D eigenvalue weighted by atomic mass is 10.3. The summed E-state index contributed by atoms with van der Waals surface area (Å²) >= 11 is 0. The summed E-state index contributed by atoms with van der Waals surface area (Å²) in [6.07, 6.45) is 7.29. The Hall–Kier alpha value is -3.09. The zero-order valence-corrected chi connectivity index (χ0v) is 13.9. The first-order chi connectivity index (χ1) is 11.7. The van der Waals surface area contributed by atoms with E-state index in [1.54, 1.807) is 12.4 Å². The van der Waals surface area contributed by atoms with Crippen LogP contribution in [0.15, 0.2) is 49.1 Å². The van der Waals surface area contributed by atoms with Crippen molar-refractivity contribution in [2.45, 2.75) is 13.1 Å². The summed E-state index contributed by atoms with van der Waals surface area (Å²) in [6, 6.07) is 8.11. The van der Waals surface area contributed by atoms with Gasteiger partial charge in [0.1, 0.15) is 6.20 Å². The Labute approximate surface area is 140 Å². The van der Waals surface area contributed by atoms with E-state index < -0.39 is 0 Å². The number of aromatic nitrogens is 5. The minimum atomic E-state index is 0.0707. The summed E-state index contributed by atoms with van der Waals surface area (Å²) < 4.78 is 4.14. The quantitative estimate of drug-likeness (QED) is 0.716. The fourth-order valence-corrected chi connectivity index (χ4v) is 3.09. The molecule has 3 aromatic heterocycles. The van der Waals surface area contributed by atoms with Crippen molar-refractivity contribution in [3.8, 4) is 11.5 Å². The molecule has 1 atom stereocenters. The van der Waals surface area contributed by atoms with Crippen LogP contribution in [0.3, 0.4) is 0 Å². The fraction of sp³-hybridized carbons (Fsp3) is 0.235. The second-order valence-corrected chi connectivity index (χ2v) is 5.80. The van der Waals surface area contributed by atoms with Gasteiger partial charge in [0.2, 0.25) is 5.69 Å². The monoisotopic (exact) mass is 321 g/mol. The van der Waals surface area contributed by atoms with Gasteiger partial charge in [0.15, 0.2) is 12.0 Å². The van der Waals surface area contributed by atoms with Gasteiger partial charge in [0.05, 0.1) is 20.3 Å². The minimum Gasteiger partial charge on any atom is -0.327 e. The highest BCUT2D eigenvalue weighted by Crippen LogP contribution is 2.35. The number of aryl methyl sites for hydroxylation is 1. The Kier molecular flexibility index (Phi) is 3.34. The molecule has 120 valence electrons. The molecule has 0 aliphatic carbocycles. The highest BCUT2D eigenvalue weighted by Gasteiger charge is 2.38. The third-order valence-electron chi connectivity index (χ3n) is 4.25. The van der Waals surface area contributed by atoms with E-state index in [9.17, 15) is 0 Å². The third-order valence-corrected chi connectivity index (χ3v) is 4.25. The standard InChI is InChI=1S/C17H18N7/c1-12-21-15-17(20-10-9-18-15)24(12)14-7-4-6-13(23(14)3)16-19-8-5-11-22(16)2/h4-12H,1-3H3/q+1/p+1/t12-/m1/s1. The Morgan fingerprint density at radius 1 is 1.04 bits per heavy atom. The lowest BCUT2D eigenvalue weighted by Gasteiger charge is -2.17. The van der Waals surface area contributed by atoms with Gasteiger partial charge in [-0.1, -0.05) is 0 Å². The van der Waals surface area contributed by atoms with Crippen LogP contribution >= 0.6 is 0 Å². The molecule has 0 saturated heterocycles. The van der Waals surface area contributed by atoms with Crippen LogP contribution in [-0.4, -0.2) is 21.1 Å². The van der Waals surface area contributed by atoms with Crippen LogP contribution < -0.4 is 19.4 Å². The van der Waals surface area contributed by atoms with Crippen molar-refractivity contribution in [3.05, 3.63) is 49.1 Å². The highest BCUT2D eigenvalue weighted by atomic mass is 15.4. The molecule has 4 heterocycles. The van der Waals surface area contributed by atoms with E-state index in [4.69, 9.17) is 0 Å². The first-order valence-corrected chi connectivity index (χ1v) is 7.83. The molecule has 7 heteroatoms. The number of anilines is 3. The van der Waals surface area contributed by atoms with E-state index >= 15 is 0 Å². The largest absolute Gasteiger partial charge is 0.370 e. The molecule has 0 fully saturated rings. The normalized spacial score (nSPS) is 16.0. The Morgan fingerprint density at radius 2 is 1.88 bits per heavy atom. The molecule has 1 aliphatic heterocycles. The summed E-state index contributed by atoms with van der Waals surface area (Å²) in [5.74, 6) is 3.57. The minimum absolute atomic E-state index is 0.0707. The Bertz CT molecular complexity index is 909. The SMILES string of the molecule is C[C@@H]1Nc2nccnc2N1c1cccc(-c2nccc[n+]2C)[n+]1C. The van der Waals surface area contributed by atoms with Crippen LogP contribution in [0.1, 0.15) is 6.92 Å². The summed E-state index contributed by atoms with van der Waals surface area (Å²) in [5, 5.41) is 3.36. The summed E-state index contributed by atoms with van der Waals surface area (Å²) in [5.41, 5.74) is 1.03. The molecule has 0 amide bonds. The first-order valence-electron chi connectivity index (χ1n) is 7.83. The van der Waals surface area contributed by atoms with Crippen LogP contribution in [0.25, 0.3) is 11.5 Å². The molecule has 1 N–H and O–H groups in total. The number of hydrogen-bond acceptors (Lipinski definition) is 5. The molecule has 1 aliphatic rings. The van der Waals surface area contributed by atoms with E-state index in [0.717, 1.165) is 29.0 Å². The van der Waals surface area contributed by atoms with Crippen molar-refractivity contribution in [2.24, 2.45) is 14.1 Å². The maximum atomic E-state index is 4.52. The van der Waals surface area contributed by atoms with Gasteiger partial charge in [-0.15, -0.1) is 0 Å². The van der Waals surface area contributed by atoms with Crippen LogP contribution in [0, 0.1) is 0 Å². The number of pyridine rings is 1. The number of nitrogens with one attached hydrogen (secondary N) is 1. The summed E-state index contributed by atoms with van der Waals surface area (Å²) in [7, 11) is 4.04. The molecule has 0 unspecified atom stereocenters. The van der Waals surface area contributed by atoms with Gasteiger partial charge in [0.25, 0.3) is 11.6 Å². The molecule has 0 bridgehead atoms. The topological polar surface area (TPSA) is 61.7 Å². The molecule has 7 nitrogen and oxygen atoms in total. The zero-order chi connectivity index (χ0) is 16.7. The lowest BCUT2D eigenvalue weighted by Crippen LogP contribution is -2.44. The number of fused-ring (bicyclic) bond motifs is 1. The van der Waals surface area contributed by atoms with Crippen molar-refractivity contribution < 1.29 is 9.13 Å². The van der Waals surface area contributed by atoms with E-state index in [2.05, 4.69) is 48.8 Å². The Balaban J connectivity index is 1.87. The first kappa shape index (κ1) is 14.5. The second-order valence-electron chi connectivity index (χ2n) is 5.80. The van der Waals surface area contributed by atoms with Gasteiger partial charge in [-0.3, -0.25) is 0 Å². The summed E-state index contributed by atoms with van der Waals surface area (Å²) in [6.45, 7) is 2.09. The van der Waals surface area contributed by atoms with Gasteiger partial charge in [-0.25, -0.2) is 19.1 Å². The van der Waals surface area contributed by atoms with Crippen LogP contribution in [0.5, 0.6) is 0 Å². The molecule has 4 rings (SSSR count). The Morgan fingerprint density at radius 3 is 2.71 bits per heavy atom. The summed E-state index contributed by atoms with van der Waals surface area (Å²) in [4.78, 5) is 15.5. The molecule has 3 aromatic rings. The van der Waals surface area contributed by atoms with Gasteiger partial charge >= 0.3 is 5.82 Å². The molecule has 0 spiro atoms. The van der Waals surface area contributed by atoms with Gasteiger partial charge in [-0.05, 0) is 24.0 Å². The van der Waals surface area contributed by atoms with E-state index in [1.807, 2.05) is 43.2 Å². The predicted molar refractivity (Wildman–Crippen MR) is 89.3 cm³/mol. The zero-order valence-electron chi connectivity index (χ0n) is 13.9. The molecule has 24 heavy (non-hydrogen) atoms. The van der Waals surface area contributed by atoms with Crippen LogP contribution in [-0.2, 0) is 14.1 Å². The van der Waals surface area contributed by atoms with Crippen LogP contribution in [0.4, 0.5) is 17.5 Å². The van der Waals surface area contributed by atoms with E-state index in [-0.39, 0.29) is 6.17 Å². The smallest absolute Gasteiger partial charge is 0.327 e. The van der Waals surface area contributed by atoms with Crippen molar-refractivity contribution in [3.63, 3.8) is 0 Å². The lowest BCUT2D eigenvalue weighted by molar-refractivity contribution is -0.686. The predicted octanol–water partition coefficient (Wildman–Crippen LogP) is 1.10. The molecular weight excluding hydrogens is 302 g/mol. The van der Waals surface area contributed by atoms with Crippen molar-refractivity contribution in [2.75, 3.05) is 10.2 Å². The maximum Gasteiger partial charge on any atom is 0.370 e. The molecule has 0 aromatic carbocycles. The molecule has 0 radical (unpaired) electrons. The second kappa shape index (κ2) is 5.52. The van der Waals surface area contributed by atoms with E-state index in [0.29, 0.717) is 0 Å². The van der Waals surface area contributed by atoms with Crippen molar-refractivity contribution in [1.82, 2.24) is 15.0 Å². The van der Waals surface area contributed by atoms with Gasteiger partial charge in [0, 0.05) is 24.5 Å². The number of rotatable bonds is 2.